The van der Waals surface area contributed by atoms with Crippen molar-refractivity contribution in [2.24, 2.45) is 17.8 Å². The van der Waals surface area contributed by atoms with E-state index in [1.165, 1.54) is 23.8 Å². The Morgan fingerprint density at radius 2 is 1.89 bits per heavy atom. The van der Waals surface area contributed by atoms with E-state index in [0.29, 0.717) is 23.6 Å². The molecule has 2 atom stereocenters. The quantitative estimate of drug-likeness (QED) is 0.787. The number of H-pyrrole nitrogens is 1. The van der Waals surface area contributed by atoms with Gasteiger partial charge in [0.15, 0.2) is 5.65 Å². The van der Waals surface area contributed by atoms with Gasteiger partial charge in [-0.3, -0.25) is 13.9 Å². The summed E-state index contributed by atoms with van der Waals surface area (Å²) in [5.41, 5.74) is 0.273. The fourth-order valence-corrected chi connectivity index (χ4v) is 6.39. The van der Waals surface area contributed by atoms with E-state index in [0.717, 1.165) is 43.2 Å². The summed E-state index contributed by atoms with van der Waals surface area (Å²) in [5.74, 6) is 3.16. The second kappa shape index (κ2) is 5.91. The van der Waals surface area contributed by atoms with E-state index in [4.69, 9.17) is 4.98 Å². The first kappa shape index (κ1) is 17.0. The number of imidazole rings is 1. The summed E-state index contributed by atoms with van der Waals surface area (Å²) < 4.78 is 2.79. The molecule has 6 rings (SSSR count). The van der Waals surface area contributed by atoms with Gasteiger partial charge < -0.3 is 9.78 Å². The molecule has 2 aromatic heterocycles. The lowest BCUT2D eigenvalue weighted by atomic mass is 9.75. The number of rotatable bonds is 6. The monoisotopic (exact) mass is 370 g/mol. The minimum atomic E-state index is -0.357. The first-order chi connectivity index (χ1) is 13.1. The van der Waals surface area contributed by atoms with E-state index >= 15 is 0 Å². The molecule has 0 saturated heterocycles. The van der Waals surface area contributed by atoms with Crippen LogP contribution < -0.4 is 11.2 Å². The minimum Gasteiger partial charge on any atom is -0.336 e. The highest BCUT2D eigenvalue weighted by Crippen LogP contribution is 2.65. The maximum atomic E-state index is 13.0. The van der Waals surface area contributed by atoms with Crippen LogP contribution in [0.15, 0.2) is 9.59 Å². The molecular weight excluding hydrogens is 344 g/mol. The molecule has 2 unspecified atom stereocenters. The summed E-state index contributed by atoms with van der Waals surface area (Å²) in [7, 11) is 0. The molecular formula is C20H26N4O3. The van der Waals surface area contributed by atoms with E-state index in [9.17, 15) is 14.4 Å². The van der Waals surface area contributed by atoms with Gasteiger partial charge in [0.2, 0.25) is 0 Å². The molecule has 144 valence electrons. The van der Waals surface area contributed by atoms with Gasteiger partial charge >= 0.3 is 5.69 Å². The van der Waals surface area contributed by atoms with Crippen molar-refractivity contribution < 1.29 is 4.79 Å². The van der Waals surface area contributed by atoms with Crippen LogP contribution in [0.25, 0.3) is 11.2 Å². The van der Waals surface area contributed by atoms with Crippen LogP contribution in [0.4, 0.5) is 0 Å². The standard InChI is InChI=1S/C20H26N4O3/c1-2-4-23-16-15(17(26)24(19(23)27)5-3-6-25)21-18(22-16)20-10-12-7-13(11-20)9-14(20)8-12/h6,12-14H,2-5,7-11H2,1H3,(H,21,22). The van der Waals surface area contributed by atoms with Crippen LogP contribution in [0.1, 0.15) is 57.7 Å². The van der Waals surface area contributed by atoms with E-state index < -0.39 is 0 Å². The number of aldehydes is 1. The Kier molecular flexibility index (Phi) is 3.71. The molecule has 2 heterocycles. The van der Waals surface area contributed by atoms with E-state index in [-0.39, 0.29) is 29.6 Å². The number of aromatic nitrogens is 4. The Bertz CT molecular complexity index is 1020. The van der Waals surface area contributed by atoms with Gasteiger partial charge in [-0.2, -0.15) is 0 Å². The summed E-state index contributed by atoms with van der Waals surface area (Å²) in [6.07, 6.45) is 7.89. The van der Waals surface area contributed by atoms with Gasteiger partial charge in [-0.25, -0.2) is 9.78 Å². The van der Waals surface area contributed by atoms with Gasteiger partial charge in [-0.05, 0) is 56.3 Å². The maximum Gasteiger partial charge on any atom is 0.332 e. The fraction of sp³-hybridized carbons (Fsp3) is 0.700. The zero-order chi connectivity index (χ0) is 18.8. The molecule has 7 heteroatoms. The van der Waals surface area contributed by atoms with E-state index in [1.807, 2.05) is 6.92 Å². The van der Waals surface area contributed by atoms with Crippen LogP contribution in [-0.2, 0) is 23.3 Å². The molecule has 4 saturated carbocycles. The Balaban J connectivity index is 1.70. The van der Waals surface area contributed by atoms with Gasteiger partial charge in [0.1, 0.15) is 17.6 Å². The average molecular weight is 370 g/mol. The van der Waals surface area contributed by atoms with Crippen LogP contribution in [0.5, 0.6) is 0 Å². The SMILES string of the molecule is CCCn1c(=O)n(CCC=O)c(=O)c2[nH]c(C34CC5CC(CC3C5)C4)nc21. The number of aromatic amines is 1. The van der Waals surface area contributed by atoms with Crippen LogP contribution in [-0.4, -0.2) is 25.4 Å². The molecule has 0 radical (unpaired) electrons. The molecule has 4 aliphatic rings. The number of fused-ring (bicyclic) bond motifs is 1. The summed E-state index contributed by atoms with van der Waals surface area (Å²) in [6.45, 7) is 2.64. The molecule has 27 heavy (non-hydrogen) atoms. The van der Waals surface area contributed by atoms with Crippen molar-refractivity contribution >= 4 is 17.5 Å². The van der Waals surface area contributed by atoms with Gasteiger partial charge in [-0.1, -0.05) is 6.92 Å². The van der Waals surface area contributed by atoms with Crippen molar-refractivity contribution in [3.63, 3.8) is 0 Å². The van der Waals surface area contributed by atoms with Crippen molar-refractivity contribution in [3.8, 4) is 0 Å². The highest BCUT2D eigenvalue weighted by Gasteiger charge is 2.59. The summed E-state index contributed by atoms with van der Waals surface area (Å²) in [5, 5.41) is 0. The van der Waals surface area contributed by atoms with Crippen molar-refractivity contribution in [3.05, 3.63) is 26.7 Å². The number of hydrogen-bond acceptors (Lipinski definition) is 4. The molecule has 7 nitrogen and oxygen atoms in total. The molecule has 4 fully saturated rings. The van der Waals surface area contributed by atoms with Crippen molar-refractivity contribution in [1.82, 2.24) is 19.1 Å². The Morgan fingerprint density at radius 1 is 1.15 bits per heavy atom. The fourth-order valence-electron chi connectivity index (χ4n) is 6.39. The molecule has 1 N–H and O–H groups in total. The summed E-state index contributed by atoms with van der Waals surface area (Å²) in [4.78, 5) is 44.8. The van der Waals surface area contributed by atoms with Crippen LogP contribution in [0.3, 0.4) is 0 Å². The second-order valence-electron chi connectivity index (χ2n) is 8.83. The Hall–Kier alpha value is -2.18. The largest absolute Gasteiger partial charge is 0.336 e. The van der Waals surface area contributed by atoms with Gasteiger partial charge in [0, 0.05) is 24.9 Å². The molecule has 4 bridgehead atoms. The molecule has 2 aromatic rings. The molecule has 4 aliphatic carbocycles. The predicted octanol–water partition coefficient (Wildman–Crippen LogP) is 1.96. The molecule has 0 aromatic carbocycles. The number of nitrogens with zero attached hydrogens (tertiary/aromatic N) is 3. The zero-order valence-corrected chi connectivity index (χ0v) is 15.7. The summed E-state index contributed by atoms with van der Waals surface area (Å²) >= 11 is 0. The molecule has 0 amide bonds. The highest BCUT2D eigenvalue weighted by molar-refractivity contribution is 5.70. The van der Waals surface area contributed by atoms with Crippen molar-refractivity contribution in [1.29, 1.82) is 0 Å². The lowest BCUT2D eigenvalue weighted by Gasteiger charge is -2.30. The van der Waals surface area contributed by atoms with Gasteiger partial charge in [-0.15, -0.1) is 0 Å². The third kappa shape index (κ3) is 2.26. The van der Waals surface area contributed by atoms with Crippen LogP contribution in [0.2, 0.25) is 0 Å². The average Bonchev–Trinajstić information content (AvgIpc) is 3.27. The topological polar surface area (TPSA) is 89.8 Å². The lowest BCUT2D eigenvalue weighted by Crippen LogP contribution is -2.40. The third-order valence-corrected chi connectivity index (χ3v) is 7.24. The van der Waals surface area contributed by atoms with E-state index in [2.05, 4.69) is 4.98 Å². The Labute approximate surface area is 156 Å². The third-order valence-electron chi connectivity index (χ3n) is 7.24. The highest BCUT2D eigenvalue weighted by atomic mass is 16.2. The predicted molar refractivity (Wildman–Crippen MR) is 101 cm³/mol. The lowest BCUT2D eigenvalue weighted by molar-refractivity contribution is -0.108. The first-order valence-corrected chi connectivity index (χ1v) is 10.2. The van der Waals surface area contributed by atoms with Gasteiger partial charge in [0.05, 0.1) is 0 Å². The van der Waals surface area contributed by atoms with Gasteiger partial charge in [0.25, 0.3) is 5.56 Å². The number of hydrogen-bond donors (Lipinski definition) is 1. The molecule has 0 spiro atoms. The number of aryl methyl sites for hydroxylation is 1. The summed E-state index contributed by atoms with van der Waals surface area (Å²) in [6, 6.07) is 0. The number of carbonyl (C=O) groups excluding carboxylic acids is 1. The normalized spacial score (nSPS) is 31.2. The first-order valence-electron chi connectivity index (χ1n) is 10.2. The second-order valence-corrected chi connectivity index (χ2v) is 8.83. The number of carbonyl (C=O) groups is 1. The zero-order valence-electron chi connectivity index (χ0n) is 15.7. The smallest absolute Gasteiger partial charge is 0.332 e. The van der Waals surface area contributed by atoms with E-state index in [1.54, 1.807) is 4.57 Å². The molecule has 0 aliphatic heterocycles. The van der Waals surface area contributed by atoms with Crippen LogP contribution in [0, 0.1) is 17.8 Å². The van der Waals surface area contributed by atoms with Crippen molar-refractivity contribution in [2.45, 2.75) is 70.4 Å². The Morgan fingerprint density at radius 3 is 2.56 bits per heavy atom. The van der Waals surface area contributed by atoms with Crippen LogP contribution >= 0.6 is 0 Å². The maximum absolute atomic E-state index is 13.0. The number of nitrogens with one attached hydrogen (secondary N) is 1. The minimum absolute atomic E-state index is 0.0692. The van der Waals surface area contributed by atoms with Crippen molar-refractivity contribution in [2.75, 3.05) is 0 Å².